The molecule has 58 valence electrons. The average Bonchev–Trinajstić information content (AvgIpc) is 1.86. The Labute approximate surface area is 59.9 Å². The van der Waals surface area contributed by atoms with Gasteiger partial charge in [0.2, 0.25) is 0 Å². The molecule has 10 heavy (non-hydrogen) atoms. The second-order valence-electron chi connectivity index (χ2n) is 1.39. The van der Waals surface area contributed by atoms with E-state index in [0.717, 1.165) is 0 Å². The number of aldehydes is 2. The van der Waals surface area contributed by atoms with Gasteiger partial charge in [0, 0.05) is 6.42 Å². The fourth-order valence-electron chi connectivity index (χ4n) is 0.318. The Hall–Kier alpha value is -0.590. The molecule has 0 amide bonds. The Morgan fingerprint density at radius 2 is 2.20 bits per heavy atom. The van der Waals surface area contributed by atoms with Crippen LogP contribution in [0.1, 0.15) is 6.42 Å². The van der Waals surface area contributed by atoms with Crippen LogP contribution in [0.2, 0.25) is 0 Å². The highest BCUT2D eigenvalue weighted by atomic mass is 32.2. The molecule has 0 aromatic rings. The van der Waals surface area contributed by atoms with Gasteiger partial charge in [-0.1, -0.05) is 0 Å². The third-order valence-corrected chi connectivity index (χ3v) is 1.10. The summed E-state index contributed by atoms with van der Waals surface area (Å²) in [6.07, 6.45) is -0.576. The monoisotopic (exact) mass is 166 g/mol. The summed E-state index contributed by atoms with van der Waals surface area (Å²) in [7, 11) is 0. The summed E-state index contributed by atoms with van der Waals surface area (Å²) in [6.45, 7) is 0. The average molecular weight is 166 g/mol. The van der Waals surface area contributed by atoms with E-state index in [1.807, 2.05) is 0 Å². The molecule has 1 N–H and O–H groups in total. The van der Waals surface area contributed by atoms with E-state index in [4.69, 9.17) is 4.55 Å². The molecule has 0 aromatic carbocycles. The lowest BCUT2D eigenvalue weighted by Gasteiger charge is -2.01. The van der Waals surface area contributed by atoms with E-state index < -0.39 is 17.5 Å². The lowest BCUT2D eigenvalue weighted by atomic mass is 10.3. The van der Waals surface area contributed by atoms with Gasteiger partial charge in [0.05, 0.1) is 0 Å². The third-order valence-electron chi connectivity index (χ3n) is 0.686. The summed E-state index contributed by atoms with van der Waals surface area (Å²) < 4.78 is 22.0. The predicted molar refractivity (Wildman–Crippen MR) is 32.4 cm³/mol. The van der Waals surface area contributed by atoms with Crippen molar-refractivity contribution >= 4 is 23.9 Å². The van der Waals surface area contributed by atoms with Crippen molar-refractivity contribution < 1.29 is 22.5 Å². The van der Waals surface area contributed by atoms with E-state index in [1.54, 1.807) is 0 Å². The molecule has 0 aliphatic heterocycles. The molecular weight excluding hydrogens is 160 g/mol. The first kappa shape index (κ1) is 9.41. The van der Waals surface area contributed by atoms with E-state index in [-0.39, 0.29) is 6.42 Å². The molecule has 2 unspecified atom stereocenters. The summed E-state index contributed by atoms with van der Waals surface area (Å²) in [5.74, 6) is 0. The fraction of sp³-hybridized carbons (Fsp3) is 0.500. The number of carbonyl (C=O) groups excluding carboxylic acids is 2. The van der Waals surface area contributed by atoms with Gasteiger partial charge in [-0.3, -0.25) is 8.74 Å². The highest BCUT2D eigenvalue weighted by Crippen LogP contribution is 1.93. The van der Waals surface area contributed by atoms with Crippen molar-refractivity contribution in [3.63, 3.8) is 0 Å². The highest BCUT2D eigenvalue weighted by Gasteiger charge is 2.09. The van der Waals surface area contributed by atoms with Crippen molar-refractivity contribution in [2.75, 3.05) is 0 Å². The zero-order valence-corrected chi connectivity index (χ0v) is 5.74. The van der Waals surface area contributed by atoms with Crippen LogP contribution in [-0.2, 0) is 25.1 Å². The van der Waals surface area contributed by atoms with Crippen molar-refractivity contribution in [3.8, 4) is 0 Å². The lowest BCUT2D eigenvalue weighted by Crippen LogP contribution is -2.16. The fourth-order valence-corrected chi connectivity index (χ4v) is 0.653. The van der Waals surface area contributed by atoms with E-state index >= 15 is 0 Å². The first-order valence-electron chi connectivity index (χ1n) is 2.37. The Morgan fingerprint density at radius 3 is 2.50 bits per heavy atom. The van der Waals surface area contributed by atoms with Crippen molar-refractivity contribution in [3.05, 3.63) is 0 Å². The lowest BCUT2D eigenvalue weighted by molar-refractivity contribution is -0.117. The summed E-state index contributed by atoms with van der Waals surface area (Å²) in [4.78, 5) is 19.6. The third kappa shape index (κ3) is 4.30. The van der Waals surface area contributed by atoms with Gasteiger partial charge in [-0.2, -0.15) is 4.21 Å². The minimum atomic E-state index is -2.49. The van der Waals surface area contributed by atoms with Gasteiger partial charge in [-0.25, -0.2) is 0 Å². The molecule has 0 spiro atoms. The molecule has 0 saturated heterocycles. The van der Waals surface area contributed by atoms with Crippen LogP contribution in [0.5, 0.6) is 0 Å². The first-order valence-corrected chi connectivity index (χ1v) is 3.40. The van der Waals surface area contributed by atoms with E-state index in [2.05, 4.69) is 4.18 Å². The van der Waals surface area contributed by atoms with Crippen molar-refractivity contribution in [1.82, 2.24) is 0 Å². The normalized spacial score (nSPS) is 15.7. The SMILES string of the molecule is O=CCC(C=O)OS(=O)O. The smallest absolute Gasteiger partial charge is 0.302 e. The Morgan fingerprint density at radius 1 is 1.60 bits per heavy atom. The second-order valence-corrected chi connectivity index (χ2v) is 2.02. The zero-order chi connectivity index (χ0) is 7.98. The standard InChI is InChI=1S/C4H6O5S/c5-2-1-4(3-6)9-10(7)8/h2-4H,1H2,(H,7,8). The largest absolute Gasteiger partial charge is 0.303 e. The molecule has 0 aliphatic carbocycles. The van der Waals surface area contributed by atoms with Gasteiger partial charge in [0.25, 0.3) is 0 Å². The van der Waals surface area contributed by atoms with Gasteiger partial charge in [0.1, 0.15) is 12.4 Å². The molecule has 0 radical (unpaired) electrons. The van der Waals surface area contributed by atoms with Crippen LogP contribution < -0.4 is 0 Å². The highest BCUT2D eigenvalue weighted by molar-refractivity contribution is 7.74. The van der Waals surface area contributed by atoms with Crippen LogP contribution in [0, 0.1) is 0 Å². The minimum Gasteiger partial charge on any atom is -0.303 e. The number of hydrogen-bond acceptors (Lipinski definition) is 4. The molecular formula is C4H6O5S. The Kier molecular flexibility index (Phi) is 4.91. The number of rotatable bonds is 5. The van der Waals surface area contributed by atoms with Crippen molar-refractivity contribution in [1.29, 1.82) is 0 Å². The van der Waals surface area contributed by atoms with Crippen LogP contribution >= 0.6 is 0 Å². The molecule has 6 heteroatoms. The quantitative estimate of drug-likeness (QED) is 0.431. The molecule has 0 rings (SSSR count). The minimum absolute atomic E-state index is 0.199. The topological polar surface area (TPSA) is 80.7 Å². The van der Waals surface area contributed by atoms with Crippen LogP contribution in [0.3, 0.4) is 0 Å². The molecule has 0 fully saturated rings. The molecule has 0 bridgehead atoms. The Balaban J connectivity index is 3.70. The molecule has 0 saturated carbocycles. The molecule has 2 atom stereocenters. The maximum absolute atomic E-state index is 9.90. The first-order chi connectivity index (χ1) is 4.70. The summed E-state index contributed by atoms with van der Waals surface area (Å²) in [5.41, 5.74) is 0. The zero-order valence-electron chi connectivity index (χ0n) is 4.93. The summed E-state index contributed by atoms with van der Waals surface area (Å²) in [6, 6.07) is 0. The Bertz CT molecular complexity index is 145. The molecule has 0 aromatic heterocycles. The predicted octanol–water partition coefficient (Wildman–Crippen LogP) is -0.704. The number of carbonyl (C=O) groups is 2. The van der Waals surface area contributed by atoms with Gasteiger partial charge < -0.3 is 9.59 Å². The van der Waals surface area contributed by atoms with Crippen LogP contribution in [0.25, 0.3) is 0 Å². The van der Waals surface area contributed by atoms with Gasteiger partial charge in [0.15, 0.2) is 6.29 Å². The van der Waals surface area contributed by atoms with E-state index in [9.17, 15) is 13.8 Å². The van der Waals surface area contributed by atoms with Crippen molar-refractivity contribution in [2.24, 2.45) is 0 Å². The maximum atomic E-state index is 9.90. The molecule has 5 nitrogen and oxygen atoms in total. The molecule has 0 aliphatic rings. The van der Waals surface area contributed by atoms with E-state index in [1.165, 1.54) is 0 Å². The van der Waals surface area contributed by atoms with Crippen LogP contribution in [0.4, 0.5) is 0 Å². The molecule has 0 heterocycles. The maximum Gasteiger partial charge on any atom is 0.302 e. The number of hydrogen-bond donors (Lipinski definition) is 1. The van der Waals surface area contributed by atoms with Gasteiger partial charge in [-0.15, -0.1) is 0 Å². The van der Waals surface area contributed by atoms with Crippen LogP contribution in [-0.4, -0.2) is 27.4 Å². The summed E-state index contributed by atoms with van der Waals surface area (Å²) >= 11 is -2.49. The van der Waals surface area contributed by atoms with Gasteiger partial charge in [-0.05, 0) is 0 Å². The van der Waals surface area contributed by atoms with Crippen molar-refractivity contribution in [2.45, 2.75) is 12.5 Å². The van der Waals surface area contributed by atoms with Gasteiger partial charge >= 0.3 is 11.4 Å². The van der Waals surface area contributed by atoms with Crippen LogP contribution in [0.15, 0.2) is 0 Å². The van der Waals surface area contributed by atoms with E-state index in [0.29, 0.717) is 12.6 Å². The second kappa shape index (κ2) is 5.21. The summed E-state index contributed by atoms with van der Waals surface area (Å²) in [5, 5.41) is 0.